The van der Waals surface area contributed by atoms with Crippen LogP contribution < -0.4 is 5.32 Å². The highest BCUT2D eigenvalue weighted by molar-refractivity contribution is 5.54. The van der Waals surface area contributed by atoms with Crippen LogP contribution in [0.3, 0.4) is 0 Å². The van der Waals surface area contributed by atoms with Crippen LogP contribution in [0.1, 0.15) is 38.7 Å². The van der Waals surface area contributed by atoms with Crippen LogP contribution >= 0.6 is 0 Å². The number of anilines is 1. The lowest BCUT2D eigenvalue weighted by Gasteiger charge is -2.41. The van der Waals surface area contributed by atoms with Gasteiger partial charge in [-0.05, 0) is 43.2 Å². The molecule has 1 aromatic carbocycles. The van der Waals surface area contributed by atoms with Gasteiger partial charge in [-0.3, -0.25) is 0 Å². The van der Waals surface area contributed by atoms with E-state index in [1.807, 2.05) is 12.1 Å². The Morgan fingerprint density at radius 3 is 2.67 bits per heavy atom. The van der Waals surface area contributed by atoms with Gasteiger partial charge in [-0.25, -0.2) is 0 Å². The fraction of sp³-hybridized carbons (Fsp3) is 0.562. The third kappa shape index (κ3) is 2.36. The molecule has 2 rings (SSSR count). The molecule has 0 radical (unpaired) electrons. The topological polar surface area (TPSA) is 35.8 Å². The SMILES string of the molecule is Cc1ccccc1NC1(C#N)CC(C)CCC1C. The van der Waals surface area contributed by atoms with Crippen molar-refractivity contribution >= 4 is 5.69 Å². The van der Waals surface area contributed by atoms with E-state index in [0.717, 1.165) is 18.5 Å². The summed E-state index contributed by atoms with van der Waals surface area (Å²) in [5, 5.41) is 13.2. The molecule has 2 heteroatoms. The molecule has 1 saturated carbocycles. The van der Waals surface area contributed by atoms with Crippen LogP contribution in [-0.4, -0.2) is 5.54 Å². The summed E-state index contributed by atoms with van der Waals surface area (Å²) < 4.78 is 0. The monoisotopic (exact) mass is 242 g/mol. The first-order valence-corrected chi connectivity index (χ1v) is 6.82. The van der Waals surface area contributed by atoms with Gasteiger partial charge in [-0.2, -0.15) is 5.26 Å². The second-order valence-electron chi connectivity index (χ2n) is 5.81. The number of hydrogen-bond acceptors (Lipinski definition) is 2. The summed E-state index contributed by atoms with van der Waals surface area (Å²) in [4.78, 5) is 0. The van der Waals surface area contributed by atoms with Crippen LogP contribution in [-0.2, 0) is 0 Å². The molecule has 0 aromatic heterocycles. The molecule has 0 heterocycles. The molecule has 2 nitrogen and oxygen atoms in total. The minimum atomic E-state index is -0.399. The van der Waals surface area contributed by atoms with Gasteiger partial charge in [0.05, 0.1) is 6.07 Å². The number of benzene rings is 1. The number of para-hydroxylation sites is 1. The second-order valence-corrected chi connectivity index (χ2v) is 5.81. The molecule has 1 N–H and O–H groups in total. The smallest absolute Gasteiger partial charge is 0.128 e. The molecule has 0 amide bonds. The number of nitriles is 1. The lowest BCUT2D eigenvalue weighted by atomic mass is 9.70. The number of rotatable bonds is 2. The normalized spacial score (nSPS) is 31.7. The van der Waals surface area contributed by atoms with Crippen LogP contribution in [0.25, 0.3) is 0 Å². The first-order valence-electron chi connectivity index (χ1n) is 6.82. The zero-order valence-corrected chi connectivity index (χ0v) is 11.5. The van der Waals surface area contributed by atoms with E-state index in [-0.39, 0.29) is 0 Å². The molecular weight excluding hydrogens is 220 g/mol. The highest BCUT2D eigenvalue weighted by Gasteiger charge is 2.41. The number of hydrogen-bond donors (Lipinski definition) is 1. The Labute approximate surface area is 110 Å². The van der Waals surface area contributed by atoms with Gasteiger partial charge >= 0.3 is 0 Å². The van der Waals surface area contributed by atoms with Crippen molar-refractivity contribution in [1.29, 1.82) is 5.26 Å². The molecule has 96 valence electrons. The minimum Gasteiger partial charge on any atom is -0.367 e. The first-order chi connectivity index (χ1) is 8.57. The van der Waals surface area contributed by atoms with Crippen molar-refractivity contribution in [2.45, 2.75) is 45.6 Å². The number of aryl methyl sites for hydroxylation is 1. The Balaban J connectivity index is 2.28. The molecule has 0 bridgehead atoms. The molecule has 18 heavy (non-hydrogen) atoms. The summed E-state index contributed by atoms with van der Waals surface area (Å²) in [6.07, 6.45) is 3.31. The Hall–Kier alpha value is -1.49. The molecule has 3 unspecified atom stereocenters. The quantitative estimate of drug-likeness (QED) is 0.846. The van der Waals surface area contributed by atoms with Crippen molar-refractivity contribution in [1.82, 2.24) is 0 Å². The number of nitrogens with zero attached hydrogens (tertiary/aromatic N) is 1. The van der Waals surface area contributed by atoms with Crippen molar-refractivity contribution in [3.8, 4) is 6.07 Å². The summed E-state index contributed by atoms with van der Waals surface area (Å²) in [6, 6.07) is 10.8. The molecule has 1 fully saturated rings. The Morgan fingerprint density at radius 1 is 1.28 bits per heavy atom. The summed E-state index contributed by atoms with van der Waals surface area (Å²) >= 11 is 0. The van der Waals surface area contributed by atoms with E-state index in [9.17, 15) is 5.26 Å². The van der Waals surface area contributed by atoms with Gasteiger partial charge in [0, 0.05) is 5.69 Å². The molecule has 1 aromatic rings. The third-order valence-electron chi connectivity index (χ3n) is 4.31. The molecule has 1 aliphatic carbocycles. The van der Waals surface area contributed by atoms with Gasteiger partial charge < -0.3 is 5.32 Å². The highest BCUT2D eigenvalue weighted by Crippen LogP contribution is 2.39. The van der Waals surface area contributed by atoms with Crippen molar-refractivity contribution in [3.05, 3.63) is 29.8 Å². The molecule has 0 aliphatic heterocycles. The molecular formula is C16H22N2. The van der Waals surface area contributed by atoms with E-state index in [0.29, 0.717) is 11.8 Å². The standard InChI is InChI=1S/C16H22N2/c1-12-8-9-14(3)16(10-12,11-17)18-15-7-5-4-6-13(15)2/h4-7,12,14,18H,8-10H2,1-3H3. The maximum atomic E-state index is 9.67. The van der Waals surface area contributed by atoms with E-state index in [4.69, 9.17) is 0 Å². The second kappa shape index (κ2) is 5.02. The van der Waals surface area contributed by atoms with Crippen molar-refractivity contribution in [2.75, 3.05) is 5.32 Å². The fourth-order valence-corrected chi connectivity index (χ4v) is 2.95. The first kappa shape index (κ1) is 13.0. The Kier molecular flexibility index (Phi) is 3.61. The predicted molar refractivity (Wildman–Crippen MR) is 75.3 cm³/mol. The highest BCUT2D eigenvalue weighted by atomic mass is 15.0. The van der Waals surface area contributed by atoms with Gasteiger partial charge in [-0.1, -0.05) is 38.5 Å². The number of nitrogens with one attached hydrogen (secondary N) is 1. The van der Waals surface area contributed by atoms with Crippen LogP contribution in [0.15, 0.2) is 24.3 Å². The van der Waals surface area contributed by atoms with Gasteiger partial charge in [0.1, 0.15) is 5.54 Å². The zero-order chi connectivity index (χ0) is 13.2. The average molecular weight is 242 g/mol. The third-order valence-corrected chi connectivity index (χ3v) is 4.31. The summed E-state index contributed by atoms with van der Waals surface area (Å²) in [6.45, 7) is 6.53. The van der Waals surface area contributed by atoms with E-state index in [1.54, 1.807) is 0 Å². The Morgan fingerprint density at radius 2 is 2.00 bits per heavy atom. The Bertz CT molecular complexity index is 460. The van der Waals surface area contributed by atoms with E-state index in [1.165, 1.54) is 12.0 Å². The van der Waals surface area contributed by atoms with Crippen LogP contribution in [0.4, 0.5) is 5.69 Å². The van der Waals surface area contributed by atoms with Gasteiger partial charge in [0.15, 0.2) is 0 Å². The van der Waals surface area contributed by atoms with E-state index >= 15 is 0 Å². The van der Waals surface area contributed by atoms with Crippen LogP contribution in [0.5, 0.6) is 0 Å². The van der Waals surface area contributed by atoms with Gasteiger partial charge in [0.2, 0.25) is 0 Å². The van der Waals surface area contributed by atoms with Crippen LogP contribution in [0.2, 0.25) is 0 Å². The summed E-state index contributed by atoms with van der Waals surface area (Å²) in [5.41, 5.74) is 1.90. The van der Waals surface area contributed by atoms with Crippen molar-refractivity contribution in [2.24, 2.45) is 11.8 Å². The molecule has 1 aliphatic rings. The maximum Gasteiger partial charge on any atom is 0.128 e. The average Bonchev–Trinajstić information content (AvgIpc) is 2.36. The van der Waals surface area contributed by atoms with Crippen molar-refractivity contribution < 1.29 is 0 Å². The lowest BCUT2D eigenvalue weighted by molar-refractivity contribution is 0.229. The maximum absolute atomic E-state index is 9.67. The minimum absolute atomic E-state index is 0.399. The molecule has 3 atom stereocenters. The summed E-state index contributed by atoms with van der Waals surface area (Å²) in [5.74, 6) is 1.02. The molecule has 0 saturated heterocycles. The largest absolute Gasteiger partial charge is 0.367 e. The van der Waals surface area contributed by atoms with E-state index < -0.39 is 5.54 Å². The summed E-state index contributed by atoms with van der Waals surface area (Å²) in [7, 11) is 0. The van der Waals surface area contributed by atoms with Crippen molar-refractivity contribution in [3.63, 3.8) is 0 Å². The van der Waals surface area contributed by atoms with Gasteiger partial charge in [-0.15, -0.1) is 0 Å². The predicted octanol–water partition coefficient (Wildman–Crippen LogP) is 4.13. The molecule has 0 spiro atoms. The van der Waals surface area contributed by atoms with E-state index in [2.05, 4.69) is 44.3 Å². The van der Waals surface area contributed by atoms with Gasteiger partial charge in [0.25, 0.3) is 0 Å². The zero-order valence-electron chi connectivity index (χ0n) is 11.5. The fourth-order valence-electron chi connectivity index (χ4n) is 2.95. The lowest BCUT2D eigenvalue weighted by Crippen LogP contribution is -2.47. The van der Waals surface area contributed by atoms with Crippen LogP contribution in [0, 0.1) is 30.1 Å².